The van der Waals surface area contributed by atoms with Crippen LogP contribution in [0.5, 0.6) is 11.5 Å². The Balaban J connectivity index is 2.14. The number of para-hydroxylation sites is 1. The molecule has 0 aliphatic carbocycles. The van der Waals surface area contributed by atoms with Crippen molar-refractivity contribution in [1.29, 1.82) is 0 Å². The van der Waals surface area contributed by atoms with Crippen LogP contribution in [0.2, 0.25) is 0 Å². The topological polar surface area (TPSA) is 67.9 Å². The van der Waals surface area contributed by atoms with Crippen molar-refractivity contribution in [1.82, 2.24) is 4.90 Å². The van der Waals surface area contributed by atoms with E-state index in [0.29, 0.717) is 29.3 Å². The molecule has 6 heteroatoms. The molecule has 0 fully saturated rings. The van der Waals surface area contributed by atoms with Gasteiger partial charge in [0.25, 0.3) is 5.91 Å². The highest BCUT2D eigenvalue weighted by Gasteiger charge is 2.16. The summed E-state index contributed by atoms with van der Waals surface area (Å²) < 4.78 is 10.7. The summed E-state index contributed by atoms with van der Waals surface area (Å²) in [5.74, 6) is 0.965. The minimum atomic E-state index is -0.152. The number of nitrogens with one attached hydrogen (secondary N) is 1. The lowest BCUT2D eigenvalue weighted by Gasteiger charge is -2.20. The molecule has 132 valence electrons. The predicted molar refractivity (Wildman–Crippen MR) is 96.1 cm³/mol. The molecule has 6 nitrogen and oxygen atoms in total. The van der Waals surface area contributed by atoms with Crippen molar-refractivity contribution in [3.63, 3.8) is 0 Å². The van der Waals surface area contributed by atoms with Crippen LogP contribution in [0, 0.1) is 0 Å². The Hall–Kier alpha value is -3.02. The van der Waals surface area contributed by atoms with Crippen molar-refractivity contribution >= 4 is 17.5 Å². The smallest absolute Gasteiger partial charge is 0.253 e. The van der Waals surface area contributed by atoms with Crippen molar-refractivity contribution in [3.8, 4) is 11.5 Å². The minimum absolute atomic E-state index is 0.126. The van der Waals surface area contributed by atoms with Crippen molar-refractivity contribution in [2.45, 2.75) is 13.5 Å². The molecule has 0 spiro atoms. The van der Waals surface area contributed by atoms with Gasteiger partial charge in [-0.15, -0.1) is 0 Å². The molecule has 0 unspecified atom stereocenters. The summed E-state index contributed by atoms with van der Waals surface area (Å²) in [4.78, 5) is 25.3. The molecule has 25 heavy (non-hydrogen) atoms. The van der Waals surface area contributed by atoms with Gasteiger partial charge < -0.3 is 19.7 Å². The maximum atomic E-state index is 12.6. The molecule has 0 bridgehead atoms. The van der Waals surface area contributed by atoms with E-state index in [2.05, 4.69) is 5.32 Å². The quantitative estimate of drug-likeness (QED) is 0.876. The fraction of sp³-hybridized carbons (Fsp3) is 0.263. The molecule has 0 aliphatic rings. The molecule has 0 aliphatic heterocycles. The fourth-order valence-electron chi connectivity index (χ4n) is 2.53. The summed E-state index contributed by atoms with van der Waals surface area (Å²) in [5.41, 5.74) is 2.05. The first-order chi connectivity index (χ1) is 12.0. The molecule has 0 atom stereocenters. The molecule has 0 saturated carbocycles. The molecule has 2 rings (SSSR count). The van der Waals surface area contributed by atoms with Gasteiger partial charge in [-0.3, -0.25) is 9.59 Å². The monoisotopic (exact) mass is 342 g/mol. The van der Waals surface area contributed by atoms with E-state index >= 15 is 0 Å². The van der Waals surface area contributed by atoms with Crippen molar-refractivity contribution < 1.29 is 19.1 Å². The van der Waals surface area contributed by atoms with Crippen LogP contribution in [0.1, 0.15) is 22.8 Å². The molecule has 1 N–H and O–H groups in total. The molecule has 2 aromatic carbocycles. The molecule has 0 heterocycles. The summed E-state index contributed by atoms with van der Waals surface area (Å²) in [7, 11) is 4.88. The number of methoxy groups -OCH3 is 2. The Labute approximate surface area is 147 Å². The number of ether oxygens (including phenoxy) is 2. The fourth-order valence-corrected chi connectivity index (χ4v) is 2.53. The van der Waals surface area contributed by atoms with Crippen LogP contribution in [0.4, 0.5) is 5.69 Å². The third-order valence-corrected chi connectivity index (χ3v) is 3.69. The van der Waals surface area contributed by atoms with Crippen molar-refractivity contribution in [2.75, 3.05) is 26.6 Å². The highest BCUT2D eigenvalue weighted by Crippen LogP contribution is 2.31. The summed E-state index contributed by atoms with van der Waals surface area (Å²) in [5, 5.41) is 2.67. The van der Waals surface area contributed by atoms with Gasteiger partial charge in [0.2, 0.25) is 5.91 Å². The Morgan fingerprint density at radius 1 is 1.04 bits per heavy atom. The Morgan fingerprint density at radius 3 is 2.28 bits per heavy atom. The predicted octanol–water partition coefficient (Wildman–Crippen LogP) is 2.93. The van der Waals surface area contributed by atoms with Crippen LogP contribution in [-0.4, -0.2) is 38.0 Å². The van der Waals surface area contributed by atoms with Crippen LogP contribution in [-0.2, 0) is 11.3 Å². The summed E-state index contributed by atoms with van der Waals surface area (Å²) in [6, 6.07) is 12.3. The first-order valence-electron chi connectivity index (χ1n) is 7.79. The standard InChI is InChI=1S/C19H22N2O4/c1-13(22)20-16-10-8-14(9-11-16)19(23)21(2)12-15-6-5-7-17(24-3)18(15)25-4/h5-11H,12H2,1-4H3,(H,20,22). The van der Waals surface area contributed by atoms with E-state index in [-0.39, 0.29) is 11.8 Å². The molecule has 0 radical (unpaired) electrons. The highest BCUT2D eigenvalue weighted by molar-refractivity contribution is 5.95. The number of anilines is 1. The van der Waals surface area contributed by atoms with E-state index in [1.165, 1.54) is 6.92 Å². The van der Waals surface area contributed by atoms with Gasteiger partial charge in [0.1, 0.15) is 0 Å². The van der Waals surface area contributed by atoms with Gasteiger partial charge in [0, 0.05) is 37.3 Å². The van der Waals surface area contributed by atoms with E-state index in [4.69, 9.17) is 9.47 Å². The van der Waals surface area contributed by atoms with Gasteiger partial charge in [-0.25, -0.2) is 0 Å². The third kappa shape index (κ3) is 4.50. The molecule has 0 saturated heterocycles. The van der Waals surface area contributed by atoms with Gasteiger partial charge in [-0.05, 0) is 30.3 Å². The van der Waals surface area contributed by atoms with Crippen LogP contribution in [0.15, 0.2) is 42.5 Å². The number of amides is 2. The van der Waals surface area contributed by atoms with Crippen LogP contribution in [0.25, 0.3) is 0 Å². The zero-order valence-electron chi connectivity index (χ0n) is 14.8. The van der Waals surface area contributed by atoms with Crippen molar-refractivity contribution in [2.24, 2.45) is 0 Å². The zero-order chi connectivity index (χ0) is 18.4. The Kier molecular flexibility index (Phi) is 6.00. The first-order valence-corrected chi connectivity index (χ1v) is 7.79. The zero-order valence-corrected chi connectivity index (χ0v) is 14.8. The largest absolute Gasteiger partial charge is 0.493 e. The van der Waals surface area contributed by atoms with Gasteiger partial charge in [-0.2, -0.15) is 0 Å². The lowest BCUT2D eigenvalue weighted by molar-refractivity contribution is -0.114. The van der Waals surface area contributed by atoms with Crippen LogP contribution in [0.3, 0.4) is 0 Å². The average Bonchev–Trinajstić information content (AvgIpc) is 2.60. The molecule has 2 amide bonds. The summed E-state index contributed by atoms with van der Waals surface area (Å²) in [6.45, 7) is 1.82. The molecule has 0 aromatic heterocycles. The second-order valence-corrected chi connectivity index (χ2v) is 5.57. The SMILES string of the molecule is COc1cccc(CN(C)C(=O)c2ccc(NC(C)=O)cc2)c1OC. The molecular weight excluding hydrogens is 320 g/mol. The summed E-state index contributed by atoms with van der Waals surface area (Å²) >= 11 is 0. The number of carbonyl (C=O) groups excluding carboxylic acids is 2. The maximum absolute atomic E-state index is 12.6. The number of carbonyl (C=O) groups is 2. The normalized spacial score (nSPS) is 10.1. The molecule has 2 aromatic rings. The number of rotatable bonds is 6. The lowest BCUT2D eigenvalue weighted by Crippen LogP contribution is -2.26. The summed E-state index contributed by atoms with van der Waals surface area (Å²) in [6.07, 6.45) is 0. The number of benzene rings is 2. The van der Waals surface area contributed by atoms with E-state index in [1.54, 1.807) is 50.4 Å². The van der Waals surface area contributed by atoms with Gasteiger partial charge in [0.15, 0.2) is 11.5 Å². The van der Waals surface area contributed by atoms with Crippen LogP contribution >= 0.6 is 0 Å². The minimum Gasteiger partial charge on any atom is -0.493 e. The van der Waals surface area contributed by atoms with E-state index in [9.17, 15) is 9.59 Å². The number of hydrogen-bond donors (Lipinski definition) is 1. The van der Waals surface area contributed by atoms with E-state index in [0.717, 1.165) is 5.56 Å². The highest BCUT2D eigenvalue weighted by atomic mass is 16.5. The van der Waals surface area contributed by atoms with E-state index in [1.807, 2.05) is 18.2 Å². The van der Waals surface area contributed by atoms with Crippen molar-refractivity contribution in [3.05, 3.63) is 53.6 Å². The number of nitrogens with zero attached hydrogens (tertiary/aromatic N) is 1. The second-order valence-electron chi connectivity index (χ2n) is 5.57. The van der Waals surface area contributed by atoms with Gasteiger partial charge >= 0.3 is 0 Å². The Bertz CT molecular complexity index is 757. The van der Waals surface area contributed by atoms with E-state index < -0.39 is 0 Å². The Morgan fingerprint density at radius 2 is 1.72 bits per heavy atom. The molecular formula is C19H22N2O4. The number of hydrogen-bond acceptors (Lipinski definition) is 4. The van der Waals surface area contributed by atoms with Gasteiger partial charge in [-0.1, -0.05) is 12.1 Å². The first kappa shape index (κ1) is 18.3. The van der Waals surface area contributed by atoms with Crippen LogP contribution < -0.4 is 14.8 Å². The average molecular weight is 342 g/mol. The maximum Gasteiger partial charge on any atom is 0.253 e. The second kappa shape index (κ2) is 8.19. The third-order valence-electron chi connectivity index (χ3n) is 3.69. The van der Waals surface area contributed by atoms with Gasteiger partial charge in [0.05, 0.1) is 14.2 Å². The lowest BCUT2D eigenvalue weighted by atomic mass is 10.1.